The number of aromatic nitrogens is 5. The van der Waals surface area contributed by atoms with Crippen LogP contribution in [0.15, 0.2) is 180 Å². The van der Waals surface area contributed by atoms with E-state index in [1.807, 2.05) is 60.7 Å². The van der Waals surface area contributed by atoms with Crippen LogP contribution in [0, 0.1) is 0 Å². The van der Waals surface area contributed by atoms with Gasteiger partial charge >= 0.3 is 0 Å². The van der Waals surface area contributed by atoms with E-state index in [-0.39, 0.29) is 0 Å². The Kier molecular flexibility index (Phi) is 7.00. The fraction of sp³-hybridized carbons (Fsp3) is 0. The van der Waals surface area contributed by atoms with E-state index in [9.17, 15) is 0 Å². The maximum absolute atomic E-state index is 6.57. The Morgan fingerprint density at radius 1 is 0.421 bits per heavy atom. The van der Waals surface area contributed by atoms with Gasteiger partial charge in [-0.05, 0) is 71.4 Å². The summed E-state index contributed by atoms with van der Waals surface area (Å²) in [5.74, 6) is 2.45. The Bertz CT molecular complexity index is 3480. The van der Waals surface area contributed by atoms with Gasteiger partial charge in [0, 0.05) is 58.9 Å². The number of nitrogens with zero attached hydrogens (tertiary/aromatic N) is 5. The monoisotopic (exact) mass is 747 g/mol. The summed E-state index contributed by atoms with van der Waals surface area (Å²) in [6.07, 6.45) is 0. The Morgan fingerprint density at radius 2 is 1.00 bits per heavy atom. The lowest BCUT2D eigenvalue weighted by Gasteiger charge is -2.12. The zero-order valence-electron chi connectivity index (χ0n) is 30.3. The molecule has 0 aliphatic carbocycles. The van der Waals surface area contributed by atoms with E-state index in [0.29, 0.717) is 23.4 Å². The number of hydrogen-bond acceptors (Lipinski definition) is 6. The van der Waals surface area contributed by atoms with Crippen LogP contribution in [-0.2, 0) is 0 Å². The molecule has 8 aromatic carbocycles. The highest BCUT2D eigenvalue weighted by atomic mass is 32.1. The number of oxazole rings is 1. The quantitative estimate of drug-likeness (QED) is 0.175. The molecule has 0 aliphatic heterocycles. The third-order valence-electron chi connectivity index (χ3n) is 10.9. The van der Waals surface area contributed by atoms with Crippen molar-refractivity contribution in [2.24, 2.45) is 0 Å². The minimum atomic E-state index is 0.607. The van der Waals surface area contributed by atoms with Crippen LogP contribution in [-0.4, -0.2) is 24.5 Å². The topological polar surface area (TPSA) is 69.6 Å². The standard InChI is InChI=1S/C50H29N5OS/c1-3-12-31(13-4-1)47-52-48(33-16-11-17-35(28-33)55-40-20-9-7-18-36(40)37-19-8-10-21-41(37)55)54-49(53-47)34-23-22-30-24-26-42-44(38(30)29-34)45-43(57-42)27-25-39-46(45)56-50(51-39)32-14-5-2-6-15-32/h1-29H. The first-order valence-corrected chi connectivity index (χ1v) is 19.7. The normalized spacial score (nSPS) is 11.9. The van der Waals surface area contributed by atoms with Gasteiger partial charge in [0.05, 0.1) is 11.0 Å². The molecular weight excluding hydrogens is 719 g/mol. The predicted octanol–water partition coefficient (Wildman–Crippen LogP) is 13.3. The molecular formula is C50H29N5OS. The summed E-state index contributed by atoms with van der Waals surface area (Å²) >= 11 is 1.77. The number of rotatable bonds is 5. The molecule has 266 valence electrons. The second-order valence-electron chi connectivity index (χ2n) is 14.2. The molecule has 0 atom stereocenters. The van der Waals surface area contributed by atoms with Crippen molar-refractivity contribution in [3.05, 3.63) is 176 Å². The summed E-state index contributed by atoms with van der Waals surface area (Å²) in [4.78, 5) is 20.3. The molecule has 0 fully saturated rings. The Morgan fingerprint density at radius 3 is 1.74 bits per heavy atom. The maximum Gasteiger partial charge on any atom is 0.227 e. The van der Waals surface area contributed by atoms with Crippen molar-refractivity contribution in [2.75, 3.05) is 0 Å². The van der Waals surface area contributed by atoms with Gasteiger partial charge in [-0.2, -0.15) is 0 Å². The Balaban J connectivity index is 1.06. The van der Waals surface area contributed by atoms with E-state index in [2.05, 4.69) is 120 Å². The lowest BCUT2D eigenvalue weighted by molar-refractivity contribution is 0.623. The van der Waals surface area contributed by atoms with Gasteiger partial charge in [0.1, 0.15) is 5.52 Å². The third kappa shape index (κ3) is 5.10. The lowest BCUT2D eigenvalue weighted by Crippen LogP contribution is -2.01. The minimum absolute atomic E-state index is 0.607. The average molecular weight is 748 g/mol. The predicted molar refractivity (Wildman–Crippen MR) is 234 cm³/mol. The number of thiophene rings is 1. The summed E-state index contributed by atoms with van der Waals surface area (Å²) in [5, 5.41) is 6.90. The summed E-state index contributed by atoms with van der Waals surface area (Å²) in [7, 11) is 0. The first-order chi connectivity index (χ1) is 28.2. The zero-order valence-corrected chi connectivity index (χ0v) is 31.1. The first kappa shape index (κ1) is 31.8. The maximum atomic E-state index is 6.57. The molecule has 57 heavy (non-hydrogen) atoms. The molecule has 7 heteroatoms. The van der Waals surface area contributed by atoms with Gasteiger partial charge in [-0.3, -0.25) is 0 Å². The summed E-state index contributed by atoms with van der Waals surface area (Å²) in [5.41, 5.74) is 8.68. The van der Waals surface area contributed by atoms with Crippen LogP contribution in [0.25, 0.3) is 115 Å². The van der Waals surface area contributed by atoms with Crippen molar-refractivity contribution in [3.63, 3.8) is 0 Å². The second kappa shape index (κ2) is 12.5. The molecule has 0 amide bonds. The van der Waals surface area contributed by atoms with Crippen LogP contribution in [0.3, 0.4) is 0 Å². The highest BCUT2D eigenvalue weighted by molar-refractivity contribution is 7.26. The largest absolute Gasteiger partial charge is 0.435 e. The van der Waals surface area contributed by atoms with E-state index < -0.39 is 0 Å². The van der Waals surface area contributed by atoms with Crippen LogP contribution in [0.4, 0.5) is 0 Å². The average Bonchev–Trinajstić information content (AvgIpc) is 3.99. The number of fused-ring (bicyclic) bond motifs is 10. The van der Waals surface area contributed by atoms with Gasteiger partial charge in [0.25, 0.3) is 0 Å². The van der Waals surface area contributed by atoms with Crippen molar-refractivity contribution < 1.29 is 4.42 Å². The number of hydrogen-bond donors (Lipinski definition) is 0. The van der Waals surface area contributed by atoms with E-state index >= 15 is 0 Å². The van der Waals surface area contributed by atoms with Crippen molar-refractivity contribution in [1.82, 2.24) is 24.5 Å². The molecule has 0 bridgehead atoms. The molecule has 12 rings (SSSR count). The molecule has 6 nitrogen and oxygen atoms in total. The van der Waals surface area contributed by atoms with Crippen LogP contribution in [0.2, 0.25) is 0 Å². The Labute approximate surface area is 330 Å². The van der Waals surface area contributed by atoms with Gasteiger partial charge in [-0.1, -0.05) is 115 Å². The molecule has 0 unspecified atom stereocenters. The highest BCUT2D eigenvalue weighted by Gasteiger charge is 2.19. The molecule has 0 spiro atoms. The van der Waals surface area contributed by atoms with E-state index in [4.69, 9.17) is 24.4 Å². The number of para-hydroxylation sites is 2. The molecule has 0 radical (unpaired) electrons. The van der Waals surface area contributed by atoms with Crippen LogP contribution >= 0.6 is 11.3 Å². The van der Waals surface area contributed by atoms with E-state index in [0.717, 1.165) is 76.3 Å². The molecule has 4 heterocycles. The third-order valence-corrected chi connectivity index (χ3v) is 12.0. The van der Waals surface area contributed by atoms with Crippen molar-refractivity contribution in [3.8, 4) is 51.3 Å². The van der Waals surface area contributed by atoms with Crippen molar-refractivity contribution in [2.45, 2.75) is 0 Å². The van der Waals surface area contributed by atoms with Crippen LogP contribution in [0.1, 0.15) is 0 Å². The molecule has 0 N–H and O–H groups in total. The second-order valence-corrected chi connectivity index (χ2v) is 15.3. The zero-order chi connectivity index (χ0) is 37.5. The summed E-state index contributed by atoms with van der Waals surface area (Å²) in [6, 6.07) is 61.0. The smallest absolute Gasteiger partial charge is 0.227 e. The van der Waals surface area contributed by atoms with Crippen molar-refractivity contribution >= 4 is 75.2 Å². The van der Waals surface area contributed by atoms with Gasteiger partial charge in [-0.15, -0.1) is 11.3 Å². The van der Waals surface area contributed by atoms with Gasteiger partial charge < -0.3 is 8.98 Å². The molecule has 4 aromatic heterocycles. The van der Waals surface area contributed by atoms with E-state index in [1.165, 1.54) is 15.5 Å². The molecule has 0 saturated carbocycles. The highest BCUT2D eigenvalue weighted by Crippen LogP contribution is 2.44. The molecule has 12 aromatic rings. The lowest BCUT2D eigenvalue weighted by atomic mass is 10.0. The summed E-state index contributed by atoms with van der Waals surface area (Å²) in [6.45, 7) is 0. The Hall–Kier alpha value is -7.48. The van der Waals surface area contributed by atoms with Crippen molar-refractivity contribution in [1.29, 1.82) is 0 Å². The fourth-order valence-electron chi connectivity index (χ4n) is 8.24. The first-order valence-electron chi connectivity index (χ1n) is 18.9. The summed E-state index contributed by atoms with van der Waals surface area (Å²) < 4.78 is 11.2. The molecule has 0 saturated heterocycles. The number of benzene rings is 8. The minimum Gasteiger partial charge on any atom is -0.435 e. The van der Waals surface area contributed by atoms with Gasteiger partial charge in [0.15, 0.2) is 23.1 Å². The SMILES string of the molecule is c1ccc(-c2nc(-c3cccc(-n4c5ccccc5c5ccccc54)c3)nc(-c3ccc4ccc5sc6ccc7nc(-c8ccccc8)oc7c6c5c4c3)n2)cc1. The fourth-order valence-corrected chi connectivity index (χ4v) is 9.36. The van der Waals surface area contributed by atoms with Gasteiger partial charge in [-0.25, -0.2) is 19.9 Å². The van der Waals surface area contributed by atoms with Crippen LogP contribution < -0.4 is 0 Å². The molecule has 0 aliphatic rings. The van der Waals surface area contributed by atoms with E-state index in [1.54, 1.807) is 11.3 Å². The van der Waals surface area contributed by atoms with Gasteiger partial charge in [0.2, 0.25) is 5.89 Å². The van der Waals surface area contributed by atoms with Crippen LogP contribution in [0.5, 0.6) is 0 Å².